The van der Waals surface area contributed by atoms with Crippen molar-refractivity contribution in [3.8, 4) is 17.1 Å². The van der Waals surface area contributed by atoms with Gasteiger partial charge >= 0.3 is 0 Å². The second-order valence-electron chi connectivity index (χ2n) is 7.45. The number of ether oxygens (including phenoxy) is 1. The molecule has 0 saturated heterocycles. The lowest BCUT2D eigenvalue weighted by molar-refractivity contribution is -0.118. The average molecular weight is 442 g/mol. The van der Waals surface area contributed by atoms with Crippen molar-refractivity contribution in [1.82, 2.24) is 0 Å². The van der Waals surface area contributed by atoms with E-state index >= 15 is 0 Å². The maximum Gasteiger partial charge on any atom is 0.259 e. The molecule has 0 fully saturated rings. The highest BCUT2D eigenvalue weighted by Crippen LogP contribution is 2.29. The number of carbonyl (C=O) groups excluding carboxylic acids is 2. The predicted molar refractivity (Wildman–Crippen MR) is 126 cm³/mol. The third-order valence-electron chi connectivity index (χ3n) is 5.17. The van der Waals surface area contributed by atoms with Crippen LogP contribution in [0.3, 0.4) is 0 Å². The number of hydrogen-bond acceptors (Lipinski definition) is 5. The SMILES string of the molecule is Cc1c(-c2ccccc2)oc2c(C(=O)Nc3ccccc3OCCC(N)=O)cccc2c1=O. The van der Waals surface area contributed by atoms with Gasteiger partial charge in [0.15, 0.2) is 11.0 Å². The van der Waals surface area contributed by atoms with Crippen LogP contribution in [0, 0.1) is 6.92 Å². The van der Waals surface area contributed by atoms with Crippen LogP contribution in [0.25, 0.3) is 22.3 Å². The van der Waals surface area contributed by atoms with E-state index in [0.29, 0.717) is 28.1 Å². The maximum absolute atomic E-state index is 13.2. The van der Waals surface area contributed by atoms with Gasteiger partial charge in [-0.3, -0.25) is 14.4 Å². The molecule has 166 valence electrons. The zero-order valence-electron chi connectivity index (χ0n) is 18.0. The molecule has 7 nitrogen and oxygen atoms in total. The van der Waals surface area contributed by atoms with Crippen LogP contribution in [0.5, 0.6) is 5.75 Å². The van der Waals surface area contributed by atoms with Gasteiger partial charge in [-0.1, -0.05) is 48.5 Å². The fourth-order valence-corrected chi connectivity index (χ4v) is 3.50. The third kappa shape index (κ3) is 4.62. The van der Waals surface area contributed by atoms with Crippen LogP contribution in [0.15, 0.2) is 82.0 Å². The van der Waals surface area contributed by atoms with Crippen molar-refractivity contribution in [3.05, 3.63) is 94.1 Å². The Morgan fingerprint density at radius 3 is 2.45 bits per heavy atom. The Bertz CT molecular complexity index is 1390. The summed E-state index contributed by atoms with van der Waals surface area (Å²) in [6, 6.07) is 21.0. The highest BCUT2D eigenvalue weighted by atomic mass is 16.5. The lowest BCUT2D eigenvalue weighted by atomic mass is 10.0. The van der Waals surface area contributed by atoms with E-state index in [1.807, 2.05) is 30.3 Å². The van der Waals surface area contributed by atoms with Gasteiger partial charge in [0.2, 0.25) is 5.91 Å². The average Bonchev–Trinajstić information content (AvgIpc) is 2.82. The first-order chi connectivity index (χ1) is 16.0. The normalized spacial score (nSPS) is 10.7. The molecule has 1 heterocycles. The monoisotopic (exact) mass is 442 g/mol. The number of para-hydroxylation sites is 3. The van der Waals surface area contributed by atoms with Gasteiger partial charge in [-0.05, 0) is 31.2 Å². The Morgan fingerprint density at radius 1 is 0.970 bits per heavy atom. The number of nitrogens with two attached hydrogens (primary N) is 1. The molecule has 0 radical (unpaired) electrons. The molecule has 0 aliphatic carbocycles. The number of primary amides is 1. The molecule has 4 aromatic rings. The van der Waals surface area contributed by atoms with Crippen LogP contribution >= 0.6 is 0 Å². The van der Waals surface area contributed by atoms with Crippen LogP contribution < -0.4 is 21.2 Å². The number of rotatable bonds is 7. The van der Waals surface area contributed by atoms with E-state index in [1.165, 1.54) is 0 Å². The van der Waals surface area contributed by atoms with Crippen LogP contribution in [0.2, 0.25) is 0 Å². The summed E-state index contributed by atoms with van der Waals surface area (Å²) in [4.78, 5) is 37.2. The Morgan fingerprint density at radius 2 is 1.70 bits per heavy atom. The van der Waals surface area contributed by atoms with Gasteiger partial charge in [-0.2, -0.15) is 0 Å². The molecular weight excluding hydrogens is 420 g/mol. The third-order valence-corrected chi connectivity index (χ3v) is 5.17. The molecule has 3 N–H and O–H groups in total. The molecule has 0 atom stereocenters. The van der Waals surface area contributed by atoms with Crippen molar-refractivity contribution in [2.24, 2.45) is 5.73 Å². The fourth-order valence-electron chi connectivity index (χ4n) is 3.50. The summed E-state index contributed by atoms with van der Waals surface area (Å²) >= 11 is 0. The van der Waals surface area contributed by atoms with Gasteiger partial charge in [0.1, 0.15) is 11.5 Å². The van der Waals surface area contributed by atoms with E-state index < -0.39 is 11.8 Å². The first-order valence-corrected chi connectivity index (χ1v) is 10.4. The molecule has 0 bridgehead atoms. The summed E-state index contributed by atoms with van der Waals surface area (Å²) in [6.07, 6.45) is 0.0539. The molecule has 0 unspecified atom stereocenters. The maximum atomic E-state index is 13.2. The molecule has 0 aliphatic heterocycles. The van der Waals surface area contributed by atoms with Gasteiger partial charge in [0.25, 0.3) is 5.91 Å². The minimum absolute atomic E-state index is 0.0539. The van der Waals surface area contributed by atoms with Crippen molar-refractivity contribution >= 4 is 28.5 Å². The molecule has 0 spiro atoms. The minimum Gasteiger partial charge on any atom is -0.491 e. The smallest absolute Gasteiger partial charge is 0.259 e. The van der Waals surface area contributed by atoms with Crippen molar-refractivity contribution in [2.45, 2.75) is 13.3 Å². The molecule has 3 aromatic carbocycles. The zero-order chi connectivity index (χ0) is 23.4. The first kappa shape index (κ1) is 21.8. The number of fused-ring (bicyclic) bond motifs is 1. The van der Waals surface area contributed by atoms with E-state index in [9.17, 15) is 14.4 Å². The second kappa shape index (κ2) is 9.40. The summed E-state index contributed by atoms with van der Waals surface area (Å²) in [5.74, 6) is -0.123. The number of benzene rings is 3. The summed E-state index contributed by atoms with van der Waals surface area (Å²) in [5.41, 5.74) is 7.02. The van der Waals surface area contributed by atoms with Gasteiger partial charge in [-0.25, -0.2) is 0 Å². The van der Waals surface area contributed by atoms with E-state index in [-0.39, 0.29) is 29.6 Å². The number of hydrogen-bond donors (Lipinski definition) is 2. The van der Waals surface area contributed by atoms with Crippen molar-refractivity contribution < 1.29 is 18.7 Å². The molecule has 1 aromatic heterocycles. The largest absolute Gasteiger partial charge is 0.491 e. The molecule has 7 heteroatoms. The van der Waals surface area contributed by atoms with E-state index in [2.05, 4.69) is 5.32 Å². The number of anilines is 1. The van der Waals surface area contributed by atoms with Gasteiger partial charge in [0, 0.05) is 11.1 Å². The fraction of sp³-hybridized carbons (Fsp3) is 0.115. The van der Waals surface area contributed by atoms with E-state index in [0.717, 1.165) is 5.56 Å². The number of carbonyl (C=O) groups is 2. The van der Waals surface area contributed by atoms with Crippen LogP contribution in [-0.2, 0) is 4.79 Å². The standard InChI is InChI=1S/C26H22N2O5/c1-16-23(30)18-10-7-11-19(25(18)33-24(16)17-8-3-2-4-9-17)26(31)28-20-12-5-6-13-21(20)32-15-14-22(27)29/h2-13H,14-15H2,1H3,(H2,27,29)(H,28,31). The molecule has 2 amide bonds. The molecule has 33 heavy (non-hydrogen) atoms. The van der Waals surface area contributed by atoms with Gasteiger partial charge in [-0.15, -0.1) is 0 Å². The molecule has 0 saturated carbocycles. The van der Waals surface area contributed by atoms with Gasteiger partial charge in [0.05, 0.1) is 29.7 Å². The lowest BCUT2D eigenvalue weighted by Crippen LogP contribution is -2.17. The Balaban J connectivity index is 1.72. The number of amides is 2. The predicted octanol–water partition coefficient (Wildman–Crippen LogP) is 4.27. The topological polar surface area (TPSA) is 112 Å². The number of nitrogens with one attached hydrogen (secondary N) is 1. The summed E-state index contributed by atoms with van der Waals surface area (Å²) in [6.45, 7) is 1.80. The van der Waals surface area contributed by atoms with Crippen molar-refractivity contribution in [3.63, 3.8) is 0 Å². The summed E-state index contributed by atoms with van der Waals surface area (Å²) in [7, 11) is 0. The molecular formula is C26H22N2O5. The quantitative estimate of drug-likeness (QED) is 0.444. The second-order valence-corrected chi connectivity index (χ2v) is 7.45. The van der Waals surface area contributed by atoms with Crippen molar-refractivity contribution in [1.29, 1.82) is 0 Å². The van der Waals surface area contributed by atoms with E-state index in [1.54, 1.807) is 49.4 Å². The molecule has 4 rings (SSSR count). The summed E-state index contributed by atoms with van der Waals surface area (Å²) in [5, 5.41) is 3.13. The minimum atomic E-state index is -0.480. The zero-order valence-corrected chi connectivity index (χ0v) is 18.0. The van der Waals surface area contributed by atoms with Crippen molar-refractivity contribution in [2.75, 3.05) is 11.9 Å². The Labute approximate surface area is 189 Å². The van der Waals surface area contributed by atoms with Crippen LogP contribution in [0.1, 0.15) is 22.3 Å². The summed E-state index contributed by atoms with van der Waals surface area (Å²) < 4.78 is 11.7. The van der Waals surface area contributed by atoms with Gasteiger partial charge < -0.3 is 20.2 Å². The highest BCUT2D eigenvalue weighted by molar-refractivity contribution is 6.12. The van der Waals surface area contributed by atoms with E-state index in [4.69, 9.17) is 14.9 Å². The van der Waals surface area contributed by atoms with Crippen LogP contribution in [-0.4, -0.2) is 18.4 Å². The first-order valence-electron chi connectivity index (χ1n) is 10.4. The van der Waals surface area contributed by atoms with Crippen LogP contribution in [0.4, 0.5) is 5.69 Å². The Kier molecular flexibility index (Phi) is 6.22. The molecule has 0 aliphatic rings. The highest BCUT2D eigenvalue weighted by Gasteiger charge is 2.19. The Hall–Kier alpha value is -4.39. The lowest BCUT2D eigenvalue weighted by Gasteiger charge is -2.13.